The Morgan fingerprint density at radius 1 is 1.10 bits per heavy atom. The van der Waals surface area contributed by atoms with E-state index in [1.807, 2.05) is 26.0 Å². The van der Waals surface area contributed by atoms with Crippen LogP contribution in [-0.4, -0.2) is 54.2 Å². The first-order chi connectivity index (χ1) is 14.3. The monoisotopic (exact) mass is 411 g/mol. The van der Waals surface area contributed by atoms with Gasteiger partial charge in [0.15, 0.2) is 11.5 Å². The summed E-state index contributed by atoms with van der Waals surface area (Å²) in [5, 5.41) is 21.1. The van der Waals surface area contributed by atoms with Gasteiger partial charge in [0.25, 0.3) is 11.7 Å². The summed E-state index contributed by atoms with van der Waals surface area (Å²) < 4.78 is 10.3. The quantitative estimate of drug-likeness (QED) is 0.431. The van der Waals surface area contributed by atoms with E-state index in [4.69, 9.17) is 9.47 Å². The summed E-state index contributed by atoms with van der Waals surface area (Å²) in [7, 11) is 2.92. The number of ketones is 1. The van der Waals surface area contributed by atoms with Crippen LogP contribution in [0.15, 0.2) is 42.0 Å². The minimum absolute atomic E-state index is 0.00227. The van der Waals surface area contributed by atoms with Gasteiger partial charge in [-0.25, -0.2) is 0 Å². The fourth-order valence-electron chi connectivity index (χ4n) is 3.65. The van der Waals surface area contributed by atoms with Crippen LogP contribution in [0, 0.1) is 13.8 Å². The Kier molecular flexibility index (Phi) is 6.12. The van der Waals surface area contributed by atoms with Crippen molar-refractivity contribution in [2.24, 2.45) is 0 Å². The van der Waals surface area contributed by atoms with E-state index in [1.165, 1.54) is 25.2 Å². The van der Waals surface area contributed by atoms with Crippen molar-refractivity contribution in [2.75, 3.05) is 27.4 Å². The minimum atomic E-state index is -0.838. The molecule has 1 unspecified atom stereocenters. The molecule has 1 heterocycles. The van der Waals surface area contributed by atoms with Crippen LogP contribution in [0.4, 0.5) is 0 Å². The lowest BCUT2D eigenvalue weighted by Crippen LogP contribution is -2.32. The molecule has 158 valence electrons. The Bertz CT molecular complexity index is 1030. The van der Waals surface area contributed by atoms with E-state index in [0.717, 1.165) is 11.1 Å². The third-order valence-electron chi connectivity index (χ3n) is 5.24. The lowest BCUT2D eigenvalue weighted by atomic mass is 9.93. The van der Waals surface area contributed by atoms with E-state index >= 15 is 0 Å². The number of hydrogen-bond acceptors (Lipinski definition) is 6. The van der Waals surface area contributed by atoms with Crippen LogP contribution in [0.5, 0.6) is 11.5 Å². The average molecular weight is 411 g/mol. The Morgan fingerprint density at radius 3 is 2.50 bits per heavy atom. The second kappa shape index (κ2) is 8.59. The molecule has 1 aliphatic heterocycles. The molecule has 0 spiro atoms. The normalized spacial score (nSPS) is 18.1. The van der Waals surface area contributed by atoms with E-state index in [1.54, 1.807) is 18.2 Å². The van der Waals surface area contributed by atoms with Crippen molar-refractivity contribution in [1.29, 1.82) is 0 Å². The number of aromatic hydroxyl groups is 1. The number of ether oxygens (including phenoxy) is 2. The lowest BCUT2D eigenvalue weighted by molar-refractivity contribution is -0.140. The molecule has 7 nitrogen and oxygen atoms in total. The number of likely N-dealkylation sites (tertiary alicyclic amines) is 1. The number of nitrogens with zero attached hydrogens (tertiary/aromatic N) is 1. The third kappa shape index (κ3) is 3.76. The van der Waals surface area contributed by atoms with Crippen LogP contribution in [-0.2, 0) is 14.3 Å². The number of aliphatic hydroxyl groups is 1. The van der Waals surface area contributed by atoms with Gasteiger partial charge in [-0.1, -0.05) is 23.8 Å². The van der Waals surface area contributed by atoms with Gasteiger partial charge >= 0.3 is 0 Å². The van der Waals surface area contributed by atoms with Crippen LogP contribution >= 0.6 is 0 Å². The molecule has 2 N–H and O–H groups in total. The predicted octanol–water partition coefficient (Wildman–Crippen LogP) is 3.09. The van der Waals surface area contributed by atoms with Crippen molar-refractivity contribution in [2.45, 2.75) is 19.9 Å². The number of aryl methyl sites for hydroxylation is 2. The molecule has 1 saturated heterocycles. The summed E-state index contributed by atoms with van der Waals surface area (Å²) in [5.74, 6) is -1.56. The number of methoxy groups -OCH3 is 2. The highest BCUT2D eigenvalue weighted by atomic mass is 16.5. The van der Waals surface area contributed by atoms with Gasteiger partial charge in [-0.05, 0) is 43.2 Å². The van der Waals surface area contributed by atoms with E-state index < -0.39 is 17.7 Å². The van der Waals surface area contributed by atoms with E-state index in [2.05, 4.69) is 0 Å². The van der Waals surface area contributed by atoms with Crippen molar-refractivity contribution in [3.8, 4) is 11.5 Å². The Hall–Kier alpha value is -3.32. The number of phenols is 1. The number of carbonyl (C=O) groups is 2. The SMILES string of the molecule is COCCN1C(=O)C(=O)C(=C(O)c2cc(C)ccc2C)C1c1ccc(O)c(OC)c1. The largest absolute Gasteiger partial charge is 0.507 e. The number of benzene rings is 2. The maximum absolute atomic E-state index is 13.0. The number of hydrogen-bond donors (Lipinski definition) is 2. The molecule has 1 atom stereocenters. The van der Waals surface area contributed by atoms with Gasteiger partial charge in [0.05, 0.1) is 25.3 Å². The number of aliphatic hydroxyl groups excluding tert-OH is 1. The Balaban J connectivity index is 2.24. The first-order valence-corrected chi connectivity index (χ1v) is 9.52. The number of Topliss-reactive ketones (excluding diaryl/α,β-unsaturated/α-hetero) is 1. The molecule has 30 heavy (non-hydrogen) atoms. The summed E-state index contributed by atoms with van der Waals surface area (Å²) in [6, 6.07) is 9.29. The van der Waals surface area contributed by atoms with E-state index in [-0.39, 0.29) is 36.0 Å². The summed E-state index contributed by atoms with van der Waals surface area (Å²) in [6.07, 6.45) is 0. The molecule has 0 radical (unpaired) electrons. The highest BCUT2D eigenvalue weighted by Crippen LogP contribution is 2.42. The summed E-state index contributed by atoms with van der Waals surface area (Å²) in [5.41, 5.74) is 2.72. The molecule has 1 aliphatic rings. The molecular weight excluding hydrogens is 386 g/mol. The molecule has 0 bridgehead atoms. The van der Waals surface area contributed by atoms with Crippen LogP contribution in [0.25, 0.3) is 5.76 Å². The number of phenolic OH excluding ortho intramolecular Hbond substituents is 1. The van der Waals surface area contributed by atoms with Crippen LogP contribution in [0.1, 0.15) is 28.3 Å². The summed E-state index contributed by atoms with van der Waals surface area (Å²) >= 11 is 0. The van der Waals surface area contributed by atoms with Gasteiger partial charge < -0.3 is 24.6 Å². The highest BCUT2D eigenvalue weighted by molar-refractivity contribution is 6.46. The second-order valence-electron chi connectivity index (χ2n) is 7.23. The summed E-state index contributed by atoms with van der Waals surface area (Å²) in [4.78, 5) is 27.1. The molecule has 0 saturated carbocycles. The van der Waals surface area contributed by atoms with Crippen molar-refractivity contribution in [3.63, 3.8) is 0 Å². The fraction of sp³-hybridized carbons (Fsp3) is 0.304. The maximum atomic E-state index is 13.0. The van der Waals surface area contributed by atoms with Crippen LogP contribution in [0.3, 0.4) is 0 Å². The van der Waals surface area contributed by atoms with Gasteiger partial charge in [0, 0.05) is 19.2 Å². The molecule has 1 fully saturated rings. The molecule has 0 aromatic heterocycles. The minimum Gasteiger partial charge on any atom is -0.507 e. The van der Waals surface area contributed by atoms with Gasteiger partial charge in [0.1, 0.15) is 5.76 Å². The van der Waals surface area contributed by atoms with E-state index in [9.17, 15) is 19.8 Å². The van der Waals surface area contributed by atoms with Crippen molar-refractivity contribution in [3.05, 3.63) is 64.2 Å². The molecule has 2 aromatic carbocycles. The molecule has 1 amide bonds. The fourth-order valence-corrected chi connectivity index (χ4v) is 3.65. The van der Waals surface area contributed by atoms with Crippen molar-refractivity contribution >= 4 is 17.4 Å². The lowest BCUT2D eigenvalue weighted by Gasteiger charge is -2.25. The smallest absolute Gasteiger partial charge is 0.295 e. The topological polar surface area (TPSA) is 96.3 Å². The highest BCUT2D eigenvalue weighted by Gasteiger charge is 2.46. The third-order valence-corrected chi connectivity index (χ3v) is 5.24. The molecule has 7 heteroatoms. The van der Waals surface area contributed by atoms with Crippen LogP contribution in [0.2, 0.25) is 0 Å². The first-order valence-electron chi connectivity index (χ1n) is 9.52. The zero-order chi connectivity index (χ0) is 22.0. The zero-order valence-corrected chi connectivity index (χ0v) is 17.4. The van der Waals surface area contributed by atoms with Crippen LogP contribution < -0.4 is 4.74 Å². The number of amides is 1. The molecule has 0 aliphatic carbocycles. The van der Waals surface area contributed by atoms with Gasteiger partial charge in [-0.2, -0.15) is 0 Å². The van der Waals surface area contributed by atoms with Gasteiger partial charge in [-0.3, -0.25) is 9.59 Å². The Labute approximate surface area is 175 Å². The zero-order valence-electron chi connectivity index (χ0n) is 17.4. The van der Waals surface area contributed by atoms with E-state index in [0.29, 0.717) is 11.1 Å². The number of carbonyl (C=O) groups excluding carboxylic acids is 2. The maximum Gasteiger partial charge on any atom is 0.295 e. The van der Waals surface area contributed by atoms with Crippen molar-refractivity contribution in [1.82, 2.24) is 4.90 Å². The van der Waals surface area contributed by atoms with Crippen molar-refractivity contribution < 1.29 is 29.3 Å². The molecular formula is C23H25NO6. The summed E-state index contributed by atoms with van der Waals surface area (Å²) in [6.45, 7) is 4.10. The molecule has 3 rings (SSSR count). The number of rotatable bonds is 6. The van der Waals surface area contributed by atoms with Gasteiger partial charge in [0.2, 0.25) is 0 Å². The first kappa shape index (κ1) is 21.4. The molecule has 2 aromatic rings. The average Bonchev–Trinajstić information content (AvgIpc) is 2.98. The Morgan fingerprint density at radius 2 is 1.83 bits per heavy atom. The standard InChI is InChI=1S/C23H25NO6/c1-13-5-6-14(2)16(11-13)21(26)19-20(15-7-8-17(25)18(12-15)30-4)24(9-10-29-3)23(28)22(19)27/h5-8,11-12,20,25-26H,9-10H2,1-4H3. The predicted molar refractivity (Wildman–Crippen MR) is 111 cm³/mol. The second-order valence-corrected chi connectivity index (χ2v) is 7.23. The van der Waals surface area contributed by atoms with Gasteiger partial charge in [-0.15, -0.1) is 0 Å².